The van der Waals surface area contributed by atoms with Crippen molar-refractivity contribution in [3.63, 3.8) is 0 Å². The average molecular weight is 273 g/mol. The van der Waals surface area contributed by atoms with E-state index in [1.807, 2.05) is 0 Å². The largest absolute Gasteiger partial charge is 0.481 e. The Labute approximate surface area is 115 Å². The van der Waals surface area contributed by atoms with E-state index in [1.54, 1.807) is 46.9 Å². The standard InChI is InChI=1S/C14H15N3O3/c1-14(13(19)20)4-6-17(9-14)12(18)10-2-3-11-15-5-7-16(11)8-10/h2-3,5,7-8H,4,6,9H2,1H3,(H,19,20). The van der Waals surface area contributed by atoms with E-state index in [1.165, 1.54) is 0 Å². The summed E-state index contributed by atoms with van der Waals surface area (Å²) in [4.78, 5) is 29.4. The van der Waals surface area contributed by atoms with Crippen LogP contribution in [0.25, 0.3) is 5.65 Å². The van der Waals surface area contributed by atoms with Crippen LogP contribution >= 0.6 is 0 Å². The highest BCUT2D eigenvalue weighted by atomic mass is 16.4. The van der Waals surface area contributed by atoms with Crippen LogP contribution in [-0.4, -0.2) is 44.4 Å². The zero-order chi connectivity index (χ0) is 14.3. The number of carboxylic acid groups (broad SMARTS) is 1. The molecular formula is C14H15N3O3. The summed E-state index contributed by atoms with van der Waals surface area (Å²) in [6.45, 7) is 2.41. The molecule has 0 radical (unpaired) electrons. The topological polar surface area (TPSA) is 74.9 Å². The van der Waals surface area contributed by atoms with Gasteiger partial charge in [0.15, 0.2) is 0 Å². The molecule has 1 N–H and O–H groups in total. The number of likely N-dealkylation sites (tertiary alicyclic amines) is 1. The molecule has 6 heteroatoms. The van der Waals surface area contributed by atoms with Crippen LogP contribution in [0.5, 0.6) is 0 Å². The van der Waals surface area contributed by atoms with E-state index in [4.69, 9.17) is 0 Å². The molecule has 1 saturated heterocycles. The van der Waals surface area contributed by atoms with E-state index in [0.29, 0.717) is 18.5 Å². The van der Waals surface area contributed by atoms with Gasteiger partial charge in [-0.25, -0.2) is 4.98 Å². The fourth-order valence-electron chi connectivity index (χ4n) is 2.54. The lowest BCUT2D eigenvalue weighted by molar-refractivity contribution is -0.147. The monoisotopic (exact) mass is 273 g/mol. The number of aliphatic carboxylic acids is 1. The predicted molar refractivity (Wildman–Crippen MR) is 71.5 cm³/mol. The summed E-state index contributed by atoms with van der Waals surface area (Å²) in [5.41, 5.74) is 0.484. The molecule has 1 unspecified atom stereocenters. The third-order valence-corrected chi connectivity index (χ3v) is 3.91. The van der Waals surface area contributed by atoms with E-state index < -0.39 is 11.4 Å². The fraction of sp³-hybridized carbons (Fsp3) is 0.357. The number of rotatable bonds is 2. The van der Waals surface area contributed by atoms with Gasteiger partial charge >= 0.3 is 5.97 Å². The van der Waals surface area contributed by atoms with E-state index in [2.05, 4.69) is 4.98 Å². The van der Waals surface area contributed by atoms with E-state index in [-0.39, 0.29) is 12.5 Å². The molecule has 1 atom stereocenters. The van der Waals surface area contributed by atoms with Crippen molar-refractivity contribution in [3.05, 3.63) is 36.3 Å². The van der Waals surface area contributed by atoms with Gasteiger partial charge in [0.1, 0.15) is 5.65 Å². The normalized spacial score (nSPS) is 22.4. The first kappa shape index (κ1) is 12.7. The van der Waals surface area contributed by atoms with Crippen molar-refractivity contribution in [2.75, 3.05) is 13.1 Å². The molecule has 3 heterocycles. The smallest absolute Gasteiger partial charge is 0.311 e. The summed E-state index contributed by atoms with van der Waals surface area (Å²) in [5.74, 6) is -0.983. The zero-order valence-corrected chi connectivity index (χ0v) is 11.1. The second-order valence-electron chi connectivity index (χ2n) is 5.45. The maximum atomic E-state index is 12.4. The average Bonchev–Trinajstić information content (AvgIpc) is 3.04. The minimum Gasteiger partial charge on any atom is -0.481 e. The minimum atomic E-state index is -0.849. The summed E-state index contributed by atoms with van der Waals surface area (Å²) in [6.07, 6.45) is 5.65. The number of carbonyl (C=O) groups is 2. The summed E-state index contributed by atoms with van der Waals surface area (Å²) in [7, 11) is 0. The number of hydrogen-bond donors (Lipinski definition) is 1. The lowest BCUT2D eigenvalue weighted by Gasteiger charge is -2.20. The van der Waals surface area contributed by atoms with Crippen LogP contribution in [-0.2, 0) is 4.79 Å². The molecule has 1 amide bonds. The lowest BCUT2D eigenvalue weighted by atomic mass is 9.90. The first-order valence-corrected chi connectivity index (χ1v) is 6.45. The SMILES string of the molecule is CC1(C(=O)O)CCN(C(=O)c2ccc3nccn3c2)C1. The Morgan fingerprint density at radius 1 is 1.40 bits per heavy atom. The van der Waals surface area contributed by atoms with Crippen LogP contribution < -0.4 is 0 Å². The number of nitrogens with zero attached hydrogens (tertiary/aromatic N) is 3. The number of pyridine rings is 1. The molecule has 0 aliphatic carbocycles. The Hall–Kier alpha value is -2.37. The molecule has 20 heavy (non-hydrogen) atoms. The first-order chi connectivity index (χ1) is 9.49. The van der Waals surface area contributed by atoms with E-state index >= 15 is 0 Å². The van der Waals surface area contributed by atoms with Crippen LogP contribution in [0.1, 0.15) is 23.7 Å². The van der Waals surface area contributed by atoms with E-state index in [0.717, 1.165) is 5.65 Å². The maximum absolute atomic E-state index is 12.4. The summed E-state index contributed by atoms with van der Waals surface area (Å²) >= 11 is 0. The predicted octanol–water partition coefficient (Wildman–Crippen LogP) is 1.27. The van der Waals surface area contributed by atoms with Crippen LogP contribution in [0.2, 0.25) is 0 Å². The Kier molecular flexibility index (Phi) is 2.74. The molecule has 0 bridgehead atoms. The zero-order valence-electron chi connectivity index (χ0n) is 11.1. The van der Waals surface area contributed by atoms with Crippen LogP contribution in [0.15, 0.2) is 30.7 Å². The Morgan fingerprint density at radius 2 is 2.20 bits per heavy atom. The summed E-state index contributed by atoms with van der Waals surface area (Å²) in [6, 6.07) is 3.50. The molecule has 0 spiro atoms. The van der Waals surface area contributed by atoms with Crippen molar-refractivity contribution in [3.8, 4) is 0 Å². The molecule has 0 saturated carbocycles. The molecule has 6 nitrogen and oxygen atoms in total. The van der Waals surface area contributed by atoms with E-state index in [9.17, 15) is 14.7 Å². The molecule has 3 rings (SSSR count). The van der Waals surface area contributed by atoms with Crippen molar-refractivity contribution in [1.29, 1.82) is 0 Å². The van der Waals surface area contributed by atoms with Crippen LogP contribution in [0, 0.1) is 5.41 Å². The summed E-state index contributed by atoms with van der Waals surface area (Å²) < 4.78 is 1.78. The fourth-order valence-corrected chi connectivity index (χ4v) is 2.54. The second-order valence-corrected chi connectivity index (χ2v) is 5.45. The third-order valence-electron chi connectivity index (χ3n) is 3.91. The second kappa shape index (κ2) is 4.33. The van der Waals surface area contributed by atoms with Gasteiger partial charge < -0.3 is 14.4 Å². The highest BCUT2D eigenvalue weighted by Gasteiger charge is 2.42. The van der Waals surface area contributed by atoms with Gasteiger partial charge in [0.25, 0.3) is 5.91 Å². The van der Waals surface area contributed by atoms with Gasteiger partial charge in [0.05, 0.1) is 11.0 Å². The number of carboxylic acids is 1. The Bertz CT molecular complexity index is 694. The van der Waals surface area contributed by atoms with Gasteiger partial charge in [-0.15, -0.1) is 0 Å². The van der Waals surface area contributed by atoms with Gasteiger partial charge in [0, 0.05) is 31.7 Å². The molecule has 0 aromatic carbocycles. The molecule has 2 aromatic rings. The number of carbonyl (C=O) groups excluding carboxylic acids is 1. The molecule has 2 aromatic heterocycles. The molecular weight excluding hydrogens is 258 g/mol. The van der Waals surface area contributed by atoms with Crippen LogP contribution in [0.3, 0.4) is 0 Å². The quantitative estimate of drug-likeness (QED) is 0.894. The van der Waals surface area contributed by atoms with Gasteiger partial charge in [-0.1, -0.05) is 0 Å². The van der Waals surface area contributed by atoms with Crippen molar-refractivity contribution in [1.82, 2.24) is 14.3 Å². The Balaban J connectivity index is 1.84. The number of aromatic nitrogens is 2. The van der Waals surface area contributed by atoms with Crippen molar-refractivity contribution < 1.29 is 14.7 Å². The van der Waals surface area contributed by atoms with Gasteiger partial charge in [0.2, 0.25) is 0 Å². The number of imidazole rings is 1. The lowest BCUT2D eigenvalue weighted by Crippen LogP contribution is -2.34. The van der Waals surface area contributed by atoms with Crippen LogP contribution in [0.4, 0.5) is 0 Å². The molecule has 1 aliphatic rings. The maximum Gasteiger partial charge on any atom is 0.311 e. The number of fused-ring (bicyclic) bond motifs is 1. The van der Waals surface area contributed by atoms with Crippen molar-refractivity contribution in [2.45, 2.75) is 13.3 Å². The highest BCUT2D eigenvalue weighted by molar-refractivity contribution is 5.95. The third kappa shape index (κ3) is 1.93. The van der Waals surface area contributed by atoms with Gasteiger partial charge in [-0.05, 0) is 25.5 Å². The van der Waals surface area contributed by atoms with Gasteiger partial charge in [-0.2, -0.15) is 0 Å². The Morgan fingerprint density at radius 3 is 2.90 bits per heavy atom. The molecule has 1 aliphatic heterocycles. The van der Waals surface area contributed by atoms with Gasteiger partial charge in [-0.3, -0.25) is 9.59 Å². The van der Waals surface area contributed by atoms with Crippen molar-refractivity contribution in [2.24, 2.45) is 5.41 Å². The number of hydrogen-bond acceptors (Lipinski definition) is 3. The highest BCUT2D eigenvalue weighted by Crippen LogP contribution is 2.30. The number of amides is 1. The molecule has 104 valence electrons. The molecule has 1 fully saturated rings. The first-order valence-electron chi connectivity index (χ1n) is 6.45. The van der Waals surface area contributed by atoms with Crippen molar-refractivity contribution >= 4 is 17.5 Å². The minimum absolute atomic E-state index is 0.134. The summed E-state index contributed by atoms with van der Waals surface area (Å²) in [5, 5.41) is 9.21.